The molecule has 0 aliphatic carbocycles. The van der Waals surface area contributed by atoms with E-state index >= 15 is 0 Å². The summed E-state index contributed by atoms with van der Waals surface area (Å²) in [6.45, 7) is 7.42. The minimum atomic E-state index is -0.497. The standard InChI is InChI=1S/C14H24N2O4/c1-13(2,3)20-12(18)16-8-4-5-14(10-16)6-7-15-11(17)9-19-14/h4-10H2,1-3H3,(H,15,17). The van der Waals surface area contributed by atoms with Gasteiger partial charge in [-0.1, -0.05) is 0 Å². The Balaban J connectivity index is 2.00. The highest BCUT2D eigenvalue weighted by Gasteiger charge is 2.40. The zero-order valence-corrected chi connectivity index (χ0v) is 12.5. The molecule has 0 aromatic rings. The number of amides is 2. The molecule has 0 radical (unpaired) electrons. The van der Waals surface area contributed by atoms with Crippen molar-refractivity contribution >= 4 is 12.0 Å². The fourth-order valence-electron chi connectivity index (χ4n) is 2.67. The van der Waals surface area contributed by atoms with Crippen LogP contribution in [0.5, 0.6) is 0 Å². The summed E-state index contributed by atoms with van der Waals surface area (Å²) in [6, 6.07) is 0. The maximum atomic E-state index is 12.2. The number of likely N-dealkylation sites (tertiary alicyclic amines) is 1. The van der Waals surface area contributed by atoms with E-state index in [0.717, 1.165) is 19.3 Å². The van der Waals surface area contributed by atoms with Gasteiger partial charge in [0, 0.05) is 13.1 Å². The molecule has 1 N–H and O–H groups in total. The summed E-state index contributed by atoms with van der Waals surface area (Å²) in [5.74, 6) is -0.0868. The summed E-state index contributed by atoms with van der Waals surface area (Å²) >= 11 is 0. The second kappa shape index (κ2) is 5.60. The maximum absolute atomic E-state index is 12.2. The van der Waals surface area contributed by atoms with E-state index in [-0.39, 0.29) is 18.6 Å². The Bertz CT molecular complexity index is 391. The number of rotatable bonds is 0. The highest BCUT2D eigenvalue weighted by Crippen LogP contribution is 2.30. The first-order valence-electron chi connectivity index (χ1n) is 7.18. The molecule has 1 unspecified atom stereocenters. The van der Waals surface area contributed by atoms with Crippen LogP contribution in [0.4, 0.5) is 4.79 Å². The SMILES string of the molecule is CC(C)(C)OC(=O)N1CCCC2(CCNC(=O)CO2)C1. The van der Waals surface area contributed by atoms with Gasteiger partial charge in [0.1, 0.15) is 12.2 Å². The van der Waals surface area contributed by atoms with Crippen molar-refractivity contribution in [3.63, 3.8) is 0 Å². The third-order valence-electron chi connectivity index (χ3n) is 3.60. The van der Waals surface area contributed by atoms with Gasteiger partial charge in [-0.05, 0) is 40.0 Å². The van der Waals surface area contributed by atoms with Crippen molar-refractivity contribution in [2.24, 2.45) is 0 Å². The molecule has 0 saturated carbocycles. The lowest BCUT2D eigenvalue weighted by atomic mass is 9.89. The van der Waals surface area contributed by atoms with Gasteiger partial charge in [0.2, 0.25) is 5.91 Å². The molecule has 2 aliphatic rings. The van der Waals surface area contributed by atoms with Gasteiger partial charge in [-0.15, -0.1) is 0 Å². The summed E-state index contributed by atoms with van der Waals surface area (Å²) in [7, 11) is 0. The number of carbonyl (C=O) groups is 2. The van der Waals surface area contributed by atoms with Gasteiger partial charge in [0.05, 0.1) is 12.1 Å². The molecule has 1 spiro atoms. The molecular formula is C14H24N2O4. The van der Waals surface area contributed by atoms with E-state index in [0.29, 0.717) is 19.6 Å². The van der Waals surface area contributed by atoms with Crippen molar-refractivity contribution in [2.75, 3.05) is 26.2 Å². The van der Waals surface area contributed by atoms with Crippen LogP contribution in [-0.4, -0.2) is 54.3 Å². The first kappa shape index (κ1) is 15.1. The smallest absolute Gasteiger partial charge is 0.410 e. The molecule has 2 heterocycles. The predicted octanol–water partition coefficient (Wildman–Crippen LogP) is 1.29. The van der Waals surface area contributed by atoms with Gasteiger partial charge < -0.3 is 19.7 Å². The third kappa shape index (κ3) is 3.85. The Morgan fingerprint density at radius 2 is 2.15 bits per heavy atom. The molecule has 0 aromatic heterocycles. The van der Waals surface area contributed by atoms with E-state index in [1.165, 1.54) is 0 Å². The molecule has 6 heteroatoms. The second-order valence-electron chi connectivity index (χ2n) is 6.58. The van der Waals surface area contributed by atoms with Crippen molar-refractivity contribution < 1.29 is 19.1 Å². The average molecular weight is 284 g/mol. The largest absolute Gasteiger partial charge is 0.444 e. The molecule has 0 bridgehead atoms. The zero-order valence-electron chi connectivity index (χ0n) is 12.5. The Morgan fingerprint density at radius 1 is 1.40 bits per heavy atom. The molecule has 114 valence electrons. The van der Waals surface area contributed by atoms with Crippen molar-refractivity contribution in [2.45, 2.75) is 51.2 Å². The summed E-state index contributed by atoms with van der Waals surface area (Å²) in [5.41, 5.74) is -0.905. The molecule has 6 nitrogen and oxygen atoms in total. The quantitative estimate of drug-likeness (QED) is 0.728. The normalized spacial score (nSPS) is 27.9. The third-order valence-corrected chi connectivity index (χ3v) is 3.60. The van der Waals surface area contributed by atoms with Crippen molar-refractivity contribution in [1.29, 1.82) is 0 Å². The van der Waals surface area contributed by atoms with E-state index in [1.54, 1.807) is 4.90 Å². The number of nitrogens with one attached hydrogen (secondary N) is 1. The lowest BCUT2D eigenvalue weighted by molar-refractivity contribution is -0.133. The van der Waals surface area contributed by atoms with Crippen molar-refractivity contribution in [3.8, 4) is 0 Å². The number of piperidine rings is 1. The van der Waals surface area contributed by atoms with Crippen LogP contribution in [-0.2, 0) is 14.3 Å². The molecule has 1 atom stereocenters. The fourth-order valence-corrected chi connectivity index (χ4v) is 2.67. The van der Waals surface area contributed by atoms with Crippen LogP contribution < -0.4 is 5.32 Å². The lowest BCUT2D eigenvalue weighted by Crippen LogP contribution is -2.53. The van der Waals surface area contributed by atoms with Gasteiger partial charge >= 0.3 is 6.09 Å². The van der Waals surface area contributed by atoms with E-state index in [9.17, 15) is 9.59 Å². The van der Waals surface area contributed by atoms with Crippen LogP contribution in [0.3, 0.4) is 0 Å². The summed E-state index contributed by atoms with van der Waals surface area (Å²) in [4.78, 5) is 25.2. The summed E-state index contributed by atoms with van der Waals surface area (Å²) < 4.78 is 11.2. The van der Waals surface area contributed by atoms with E-state index < -0.39 is 11.2 Å². The monoisotopic (exact) mass is 284 g/mol. The lowest BCUT2D eigenvalue weighted by Gasteiger charge is -2.41. The van der Waals surface area contributed by atoms with Gasteiger partial charge in [-0.25, -0.2) is 4.79 Å². The van der Waals surface area contributed by atoms with Crippen LogP contribution in [0, 0.1) is 0 Å². The Kier molecular flexibility index (Phi) is 4.22. The Labute approximate surface area is 119 Å². The molecular weight excluding hydrogens is 260 g/mol. The molecule has 2 aliphatic heterocycles. The van der Waals surface area contributed by atoms with E-state index in [1.807, 2.05) is 20.8 Å². The van der Waals surface area contributed by atoms with E-state index in [2.05, 4.69) is 5.32 Å². The van der Waals surface area contributed by atoms with Gasteiger partial charge in [0.25, 0.3) is 0 Å². The molecule has 20 heavy (non-hydrogen) atoms. The molecule has 2 rings (SSSR count). The molecule has 2 fully saturated rings. The number of ether oxygens (including phenoxy) is 2. The van der Waals surface area contributed by atoms with Crippen molar-refractivity contribution in [3.05, 3.63) is 0 Å². The zero-order chi connectivity index (χ0) is 14.8. The topological polar surface area (TPSA) is 67.9 Å². The number of hydrogen-bond acceptors (Lipinski definition) is 4. The minimum Gasteiger partial charge on any atom is -0.444 e. The van der Waals surface area contributed by atoms with Crippen LogP contribution in [0.1, 0.15) is 40.0 Å². The Hall–Kier alpha value is -1.30. The van der Waals surface area contributed by atoms with Crippen LogP contribution >= 0.6 is 0 Å². The van der Waals surface area contributed by atoms with Gasteiger partial charge in [0.15, 0.2) is 0 Å². The molecule has 2 saturated heterocycles. The van der Waals surface area contributed by atoms with Crippen molar-refractivity contribution in [1.82, 2.24) is 10.2 Å². The molecule has 0 aromatic carbocycles. The highest BCUT2D eigenvalue weighted by molar-refractivity contribution is 5.77. The number of carbonyl (C=O) groups excluding carboxylic acids is 2. The number of nitrogens with zero attached hydrogens (tertiary/aromatic N) is 1. The van der Waals surface area contributed by atoms with E-state index in [4.69, 9.17) is 9.47 Å². The van der Waals surface area contributed by atoms with Gasteiger partial charge in [-0.2, -0.15) is 0 Å². The molecule has 2 amide bonds. The second-order valence-corrected chi connectivity index (χ2v) is 6.58. The van der Waals surface area contributed by atoms with Gasteiger partial charge in [-0.3, -0.25) is 4.79 Å². The van der Waals surface area contributed by atoms with Crippen LogP contribution in [0.2, 0.25) is 0 Å². The first-order chi connectivity index (χ1) is 9.30. The predicted molar refractivity (Wildman–Crippen MR) is 73.4 cm³/mol. The maximum Gasteiger partial charge on any atom is 0.410 e. The summed E-state index contributed by atoms with van der Waals surface area (Å²) in [6.07, 6.45) is 2.18. The van der Waals surface area contributed by atoms with Crippen LogP contribution in [0.15, 0.2) is 0 Å². The minimum absolute atomic E-state index is 0.0716. The number of hydrogen-bond donors (Lipinski definition) is 1. The Morgan fingerprint density at radius 3 is 2.85 bits per heavy atom. The highest BCUT2D eigenvalue weighted by atomic mass is 16.6. The van der Waals surface area contributed by atoms with Crippen LogP contribution in [0.25, 0.3) is 0 Å². The fraction of sp³-hybridized carbons (Fsp3) is 0.857. The average Bonchev–Trinajstić information content (AvgIpc) is 2.51. The first-order valence-corrected chi connectivity index (χ1v) is 7.18. The summed E-state index contributed by atoms with van der Waals surface area (Å²) in [5, 5.41) is 2.80.